The van der Waals surface area contributed by atoms with Crippen LogP contribution in [0.4, 0.5) is 0 Å². The molecule has 194 valence electrons. The van der Waals surface area contributed by atoms with Gasteiger partial charge < -0.3 is 18.9 Å². The van der Waals surface area contributed by atoms with Gasteiger partial charge in [0.15, 0.2) is 11.5 Å². The topological polar surface area (TPSA) is 84.2 Å². The maximum absolute atomic E-state index is 13.2. The molecule has 3 aliphatic heterocycles. The molecule has 6 rings (SSSR count). The van der Waals surface area contributed by atoms with Crippen LogP contribution in [0.3, 0.4) is 0 Å². The number of aromatic nitrogens is 2. The third-order valence-corrected chi connectivity index (χ3v) is 7.92. The van der Waals surface area contributed by atoms with Crippen LogP contribution in [0.15, 0.2) is 51.5 Å². The molecule has 37 heavy (non-hydrogen) atoms. The standard InChI is InChI=1S/C27H30BrN5O4/c28-22-4-2-20(3-5-22)26-29-25(37-30-26)17-31-9-7-21(8-10-31)27(34)33-13-11-32(12-14-33)16-19-1-6-23-24(15-19)36-18-35-23/h1-6,15,21H,7-14,16-18H2. The molecular formula is C27H30BrN5O4. The normalized spacial score (nSPS) is 18.9. The molecule has 2 fully saturated rings. The van der Waals surface area contributed by atoms with Crippen LogP contribution in [0.1, 0.15) is 24.3 Å². The van der Waals surface area contributed by atoms with Gasteiger partial charge >= 0.3 is 0 Å². The van der Waals surface area contributed by atoms with E-state index in [2.05, 4.69) is 52.9 Å². The van der Waals surface area contributed by atoms with Crippen molar-refractivity contribution in [3.63, 3.8) is 0 Å². The Morgan fingerprint density at radius 1 is 0.892 bits per heavy atom. The Bertz CT molecular complexity index is 1230. The molecule has 0 unspecified atom stereocenters. The van der Waals surface area contributed by atoms with E-state index in [1.54, 1.807) is 0 Å². The number of fused-ring (bicyclic) bond motifs is 1. The van der Waals surface area contributed by atoms with E-state index in [-0.39, 0.29) is 5.92 Å². The number of likely N-dealkylation sites (tertiary alicyclic amines) is 1. The van der Waals surface area contributed by atoms with Crippen LogP contribution in [0.25, 0.3) is 11.4 Å². The molecule has 0 saturated carbocycles. The molecular weight excluding hydrogens is 538 g/mol. The Kier molecular flexibility index (Phi) is 7.12. The lowest BCUT2D eigenvalue weighted by Crippen LogP contribution is -2.51. The van der Waals surface area contributed by atoms with Crippen molar-refractivity contribution in [2.45, 2.75) is 25.9 Å². The fourth-order valence-electron chi connectivity index (χ4n) is 5.25. The predicted octanol–water partition coefficient (Wildman–Crippen LogP) is 3.78. The van der Waals surface area contributed by atoms with Crippen molar-refractivity contribution < 1.29 is 18.8 Å². The van der Waals surface area contributed by atoms with Gasteiger partial charge in [0.25, 0.3) is 0 Å². The van der Waals surface area contributed by atoms with Crippen LogP contribution in [-0.4, -0.2) is 76.8 Å². The molecule has 0 radical (unpaired) electrons. The summed E-state index contributed by atoms with van der Waals surface area (Å²) < 4.78 is 17.4. The molecule has 3 aromatic rings. The van der Waals surface area contributed by atoms with Crippen molar-refractivity contribution in [3.05, 3.63) is 58.4 Å². The van der Waals surface area contributed by atoms with E-state index >= 15 is 0 Å². The van der Waals surface area contributed by atoms with Gasteiger partial charge in [-0.15, -0.1) is 0 Å². The number of nitrogens with zero attached hydrogens (tertiary/aromatic N) is 5. The van der Waals surface area contributed by atoms with E-state index in [4.69, 9.17) is 14.0 Å². The SMILES string of the molecule is O=C(C1CCN(Cc2nc(-c3ccc(Br)cc3)no2)CC1)N1CCN(Cc2ccc3c(c2)OCO3)CC1. The number of rotatable bonds is 6. The monoisotopic (exact) mass is 567 g/mol. The molecule has 2 aromatic carbocycles. The zero-order valence-electron chi connectivity index (χ0n) is 20.6. The number of benzene rings is 2. The minimum atomic E-state index is 0.0951. The summed E-state index contributed by atoms with van der Waals surface area (Å²) in [5, 5.41) is 4.13. The highest BCUT2D eigenvalue weighted by atomic mass is 79.9. The number of piperidine rings is 1. The molecule has 0 spiro atoms. The Hall–Kier alpha value is -2.95. The summed E-state index contributed by atoms with van der Waals surface area (Å²) in [6.45, 7) is 6.82. The average Bonchev–Trinajstić information content (AvgIpc) is 3.59. The fourth-order valence-corrected chi connectivity index (χ4v) is 5.51. The second kappa shape index (κ2) is 10.8. The Morgan fingerprint density at radius 2 is 1.62 bits per heavy atom. The quantitative estimate of drug-likeness (QED) is 0.445. The minimum absolute atomic E-state index is 0.0951. The Morgan fingerprint density at radius 3 is 2.41 bits per heavy atom. The average molecular weight is 568 g/mol. The van der Waals surface area contributed by atoms with Gasteiger partial charge in [0.1, 0.15) is 0 Å². The van der Waals surface area contributed by atoms with E-state index in [9.17, 15) is 4.79 Å². The number of halogens is 1. The first kappa shape index (κ1) is 24.4. The van der Waals surface area contributed by atoms with Crippen LogP contribution in [0, 0.1) is 5.92 Å². The van der Waals surface area contributed by atoms with Crippen LogP contribution in [0.5, 0.6) is 11.5 Å². The Balaban J connectivity index is 0.947. The van der Waals surface area contributed by atoms with E-state index in [0.29, 0.717) is 31.0 Å². The molecule has 1 amide bonds. The fraction of sp³-hybridized carbons (Fsp3) is 0.444. The molecule has 1 aromatic heterocycles. The molecule has 0 atom stereocenters. The summed E-state index contributed by atoms with van der Waals surface area (Å²) in [7, 11) is 0. The lowest BCUT2D eigenvalue weighted by atomic mass is 9.95. The van der Waals surface area contributed by atoms with Crippen LogP contribution in [0.2, 0.25) is 0 Å². The van der Waals surface area contributed by atoms with Crippen molar-refractivity contribution in [3.8, 4) is 22.9 Å². The lowest BCUT2D eigenvalue weighted by Gasteiger charge is -2.38. The third kappa shape index (κ3) is 5.66. The maximum atomic E-state index is 13.2. The van der Waals surface area contributed by atoms with Gasteiger partial charge in [-0.25, -0.2) is 0 Å². The van der Waals surface area contributed by atoms with E-state index < -0.39 is 0 Å². The molecule has 10 heteroatoms. The van der Waals surface area contributed by atoms with Gasteiger partial charge in [-0.3, -0.25) is 14.6 Å². The summed E-state index contributed by atoms with van der Waals surface area (Å²) in [5.41, 5.74) is 2.14. The van der Waals surface area contributed by atoms with Crippen LogP contribution in [-0.2, 0) is 17.9 Å². The lowest BCUT2D eigenvalue weighted by molar-refractivity contribution is -0.139. The highest BCUT2D eigenvalue weighted by Crippen LogP contribution is 2.33. The summed E-state index contributed by atoms with van der Waals surface area (Å²) >= 11 is 3.44. The maximum Gasteiger partial charge on any atom is 0.241 e. The molecule has 3 aliphatic rings. The largest absolute Gasteiger partial charge is 0.454 e. The zero-order valence-corrected chi connectivity index (χ0v) is 22.2. The molecule has 0 aliphatic carbocycles. The van der Waals surface area contributed by atoms with E-state index in [0.717, 1.165) is 80.2 Å². The first-order valence-electron chi connectivity index (χ1n) is 12.8. The number of ether oxygens (including phenoxy) is 2. The number of hydrogen-bond donors (Lipinski definition) is 0. The minimum Gasteiger partial charge on any atom is -0.454 e. The van der Waals surface area contributed by atoms with Gasteiger partial charge in [0, 0.05) is 48.7 Å². The molecule has 9 nitrogen and oxygen atoms in total. The highest BCUT2D eigenvalue weighted by molar-refractivity contribution is 9.10. The number of carbonyl (C=O) groups is 1. The van der Waals surface area contributed by atoms with Crippen molar-refractivity contribution in [1.29, 1.82) is 0 Å². The number of hydrogen-bond acceptors (Lipinski definition) is 8. The summed E-state index contributed by atoms with van der Waals surface area (Å²) in [5.74, 6) is 3.25. The molecule has 4 heterocycles. The highest BCUT2D eigenvalue weighted by Gasteiger charge is 2.31. The second-order valence-corrected chi connectivity index (χ2v) is 10.8. The summed E-state index contributed by atoms with van der Waals surface area (Å²) in [6.07, 6.45) is 1.73. The van der Waals surface area contributed by atoms with E-state index in [1.165, 1.54) is 5.56 Å². The second-order valence-electron chi connectivity index (χ2n) is 9.86. The van der Waals surface area contributed by atoms with Crippen LogP contribution >= 0.6 is 15.9 Å². The van der Waals surface area contributed by atoms with Crippen molar-refractivity contribution in [1.82, 2.24) is 24.8 Å². The summed E-state index contributed by atoms with van der Waals surface area (Å²) in [4.78, 5) is 24.5. The smallest absolute Gasteiger partial charge is 0.241 e. The van der Waals surface area contributed by atoms with Crippen molar-refractivity contribution >= 4 is 21.8 Å². The van der Waals surface area contributed by atoms with Gasteiger partial charge in [-0.05, 0) is 67.9 Å². The van der Waals surface area contributed by atoms with Crippen molar-refractivity contribution in [2.24, 2.45) is 5.92 Å². The molecule has 0 bridgehead atoms. The van der Waals surface area contributed by atoms with Gasteiger partial charge in [0.2, 0.25) is 24.4 Å². The van der Waals surface area contributed by atoms with Gasteiger partial charge in [-0.1, -0.05) is 27.2 Å². The van der Waals surface area contributed by atoms with Crippen molar-refractivity contribution in [2.75, 3.05) is 46.1 Å². The third-order valence-electron chi connectivity index (χ3n) is 7.39. The summed E-state index contributed by atoms with van der Waals surface area (Å²) in [6, 6.07) is 14.0. The molecule has 0 N–H and O–H groups in total. The molecule has 2 saturated heterocycles. The Labute approximate surface area is 224 Å². The number of piperazine rings is 1. The predicted molar refractivity (Wildman–Crippen MR) is 140 cm³/mol. The van der Waals surface area contributed by atoms with Gasteiger partial charge in [0.05, 0.1) is 6.54 Å². The zero-order chi connectivity index (χ0) is 25.2. The first-order chi connectivity index (χ1) is 18.1. The number of carbonyl (C=O) groups excluding carboxylic acids is 1. The first-order valence-corrected chi connectivity index (χ1v) is 13.6. The van der Waals surface area contributed by atoms with Gasteiger partial charge in [-0.2, -0.15) is 4.98 Å². The number of amides is 1. The van der Waals surface area contributed by atoms with E-state index in [1.807, 2.05) is 30.3 Å². The van der Waals surface area contributed by atoms with Crippen LogP contribution < -0.4 is 9.47 Å².